The van der Waals surface area contributed by atoms with Crippen LogP contribution in [-0.4, -0.2) is 35.1 Å². The summed E-state index contributed by atoms with van der Waals surface area (Å²) in [5, 5.41) is 6.98. The minimum Gasteiger partial charge on any atom is -0.313 e. The van der Waals surface area contributed by atoms with Gasteiger partial charge in [-0.05, 0) is 26.3 Å². The van der Waals surface area contributed by atoms with E-state index in [0.29, 0.717) is 12.1 Å². The third kappa shape index (κ3) is 3.76. The van der Waals surface area contributed by atoms with E-state index in [2.05, 4.69) is 34.4 Å². The van der Waals surface area contributed by atoms with Gasteiger partial charge >= 0.3 is 0 Å². The first-order valence-corrected chi connectivity index (χ1v) is 7.53. The molecule has 2 atom stereocenters. The van der Waals surface area contributed by atoms with Crippen LogP contribution in [0, 0.1) is 0 Å². The molecule has 0 saturated carbocycles. The van der Waals surface area contributed by atoms with Crippen LogP contribution in [0.2, 0.25) is 0 Å². The lowest BCUT2D eigenvalue weighted by atomic mass is 10.1. The molecule has 2 rings (SSSR count). The van der Waals surface area contributed by atoms with Crippen LogP contribution in [0.15, 0.2) is 11.6 Å². The molecule has 4 heteroatoms. The van der Waals surface area contributed by atoms with Crippen LogP contribution in [0.25, 0.3) is 0 Å². The predicted octanol–water partition coefficient (Wildman–Crippen LogP) is 2.50. The maximum atomic E-state index is 4.40. The number of nitrogens with one attached hydrogen (secondary N) is 1. The molecular formula is C13H23N3S. The fourth-order valence-electron chi connectivity index (χ4n) is 2.47. The van der Waals surface area contributed by atoms with Crippen molar-refractivity contribution in [2.24, 2.45) is 0 Å². The Kier molecular flexibility index (Phi) is 4.95. The zero-order valence-electron chi connectivity index (χ0n) is 10.9. The van der Waals surface area contributed by atoms with E-state index in [4.69, 9.17) is 0 Å². The molecule has 1 N–H and O–H groups in total. The normalized spacial score (nSPS) is 26.9. The Morgan fingerprint density at radius 3 is 3.18 bits per heavy atom. The molecule has 3 nitrogen and oxygen atoms in total. The van der Waals surface area contributed by atoms with E-state index < -0.39 is 0 Å². The van der Waals surface area contributed by atoms with Crippen molar-refractivity contribution >= 4 is 11.3 Å². The van der Waals surface area contributed by atoms with E-state index in [9.17, 15) is 0 Å². The number of nitrogens with zero attached hydrogens (tertiary/aromatic N) is 2. The summed E-state index contributed by atoms with van der Waals surface area (Å²) >= 11 is 1.77. The van der Waals surface area contributed by atoms with E-state index in [1.165, 1.54) is 24.3 Å². The third-order valence-electron chi connectivity index (χ3n) is 3.53. The highest BCUT2D eigenvalue weighted by Crippen LogP contribution is 2.16. The molecule has 0 aliphatic carbocycles. The summed E-state index contributed by atoms with van der Waals surface area (Å²) in [6.45, 7) is 7.93. The first-order valence-electron chi connectivity index (χ1n) is 6.65. The molecule has 0 bridgehead atoms. The first kappa shape index (κ1) is 13.0. The Hall–Kier alpha value is -0.450. The highest BCUT2D eigenvalue weighted by Gasteiger charge is 2.22. The molecule has 2 heterocycles. The fraction of sp³-hybridized carbons (Fsp3) is 0.769. The van der Waals surface area contributed by atoms with Gasteiger partial charge < -0.3 is 5.32 Å². The molecule has 0 radical (unpaired) electrons. The fourth-order valence-corrected chi connectivity index (χ4v) is 3.11. The molecule has 1 saturated heterocycles. The van der Waals surface area contributed by atoms with Crippen LogP contribution in [0.5, 0.6) is 0 Å². The van der Waals surface area contributed by atoms with Crippen molar-refractivity contribution in [2.45, 2.75) is 51.7 Å². The van der Waals surface area contributed by atoms with Crippen LogP contribution in [-0.2, 0) is 6.54 Å². The molecule has 0 amide bonds. The number of thiazole rings is 1. The van der Waals surface area contributed by atoms with Gasteiger partial charge in [-0.1, -0.05) is 13.3 Å². The van der Waals surface area contributed by atoms with Gasteiger partial charge in [0, 0.05) is 30.2 Å². The van der Waals surface area contributed by atoms with Crippen molar-refractivity contribution in [3.05, 3.63) is 16.6 Å². The Morgan fingerprint density at radius 1 is 1.59 bits per heavy atom. The molecular weight excluding hydrogens is 230 g/mol. The largest absolute Gasteiger partial charge is 0.313 e. The van der Waals surface area contributed by atoms with Crippen molar-refractivity contribution in [3.8, 4) is 0 Å². The summed E-state index contributed by atoms with van der Waals surface area (Å²) < 4.78 is 0. The zero-order chi connectivity index (χ0) is 12.1. The number of hydrogen-bond acceptors (Lipinski definition) is 4. The van der Waals surface area contributed by atoms with Crippen molar-refractivity contribution < 1.29 is 0 Å². The van der Waals surface area contributed by atoms with Crippen molar-refractivity contribution in [3.63, 3.8) is 0 Å². The summed E-state index contributed by atoms with van der Waals surface area (Å²) in [4.78, 5) is 6.99. The average Bonchev–Trinajstić information content (AvgIpc) is 2.74. The second-order valence-corrected chi connectivity index (χ2v) is 5.91. The standard InChI is InChI=1S/C13H23N3S/c1-3-4-12-9-16(11(2)5-6-14-12)10-13-15-7-8-17-13/h7-8,11-12,14H,3-6,9-10H2,1-2H3. The van der Waals surface area contributed by atoms with Crippen LogP contribution in [0.4, 0.5) is 0 Å². The van der Waals surface area contributed by atoms with Crippen molar-refractivity contribution in [2.75, 3.05) is 13.1 Å². The smallest absolute Gasteiger partial charge is 0.107 e. The summed E-state index contributed by atoms with van der Waals surface area (Å²) in [7, 11) is 0. The Morgan fingerprint density at radius 2 is 2.47 bits per heavy atom. The number of hydrogen-bond donors (Lipinski definition) is 1. The maximum absolute atomic E-state index is 4.40. The highest BCUT2D eigenvalue weighted by molar-refractivity contribution is 7.09. The second kappa shape index (κ2) is 6.47. The topological polar surface area (TPSA) is 28.2 Å². The van der Waals surface area contributed by atoms with Gasteiger partial charge in [0.15, 0.2) is 0 Å². The van der Waals surface area contributed by atoms with Gasteiger partial charge in [-0.3, -0.25) is 4.90 Å². The summed E-state index contributed by atoms with van der Waals surface area (Å²) in [6, 6.07) is 1.32. The van der Waals surface area contributed by atoms with Crippen LogP contribution < -0.4 is 5.32 Å². The minimum absolute atomic E-state index is 0.657. The van der Waals surface area contributed by atoms with Gasteiger partial charge in [0.05, 0.1) is 6.54 Å². The van der Waals surface area contributed by atoms with Gasteiger partial charge in [-0.25, -0.2) is 4.98 Å². The number of rotatable bonds is 4. The molecule has 0 aromatic carbocycles. The summed E-state index contributed by atoms with van der Waals surface area (Å²) in [5.74, 6) is 0. The SMILES string of the molecule is CCCC1CN(Cc2nccs2)C(C)CCN1. The molecule has 0 spiro atoms. The van der Waals surface area contributed by atoms with Crippen molar-refractivity contribution in [1.82, 2.24) is 15.2 Å². The minimum atomic E-state index is 0.657. The molecule has 17 heavy (non-hydrogen) atoms. The highest BCUT2D eigenvalue weighted by atomic mass is 32.1. The van der Waals surface area contributed by atoms with Gasteiger partial charge in [0.25, 0.3) is 0 Å². The van der Waals surface area contributed by atoms with Crippen LogP contribution >= 0.6 is 11.3 Å². The Labute approximate surface area is 108 Å². The van der Waals surface area contributed by atoms with E-state index >= 15 is 0 Å². The first-order chi connectivity index (χ1) is 8.29. The number of aromatic nitrogens is 1. The second-order valence-electron chi connectivity index (χ2n) is 4.93. The molecule has 1 aromatic heterocycles. The lowest BCUT2D eigenvalue weighted by molar-refractivity contribution is 0.193. The summed E-state index contributed by atoms with van der Waals surface area (Å²) in [5.41, 5.74) is 0. The quantitative estimate of drug-likeness (QED) is 0.893. The maximum Gasteiger partial charge on any atom is 0.107 e. The van der Waals surface area contributed by atoms with Crippen molar-refractivity contribution in [1.29, 1.82) is 0 Å². The van der Waals surface area contributed by atoms with E-state index in [1.807, 2.05) is 6.20 Å². The molecule has 1 aliphatic rings. The average molecular weight is 253 g/mol. The van der Waals surface area contributed by atoms with Gasteiger partial charge in [0.2, 0.25) is 0 Å². The molecule has 1 fully saturated rings. The van der Waals surface area contributed by atoms with E-state index in [0.717, 1.165) is 19.6 Å². The molecule has 96 valence electrons. The van der Waals surface area contributed by atoms with Gasteiger partial charge in [-0.2, -0.15) is 0 Å². The Bertz CT molecular complexity index is 312. The lowest BCUT2D eigenvalue weighted by Gasteiger charge is -2.28. The molecule has 1 aromatic rings. The van der Waals surface area contributed by atoms with E-state index in [-0.39, 0.29) is 0 Å². The van der Waals surface area contributed by atoms with Crippen LogP contribution in [0.3, 0.4) is 0 Å². The van der Waals surface area contributed by atoms with Gasteiger partial charge in [0.1, 0.15) is 5.01 Å². The Balaban J connectivity index is 1.96. The lowest BCUT2D eigenvalue weighted by Crippen LogP contribution is -2.39. The predicted molar refractivity (Wildman–Crippen MR) is 73.3 cm³/mol. The van der Waals surface area contributed by atoms with Crippen LogP contribution in [0.1, 0.15) is 38.1 Å². The zero-order valence-corrected chi connectivity index (χ0v) is 11.7. The summed E-state index contributed by atoms with van der Waals surface area (Å²) in [6.07, 6.45) is 5.69. The molecule has 2 unspecified atom stereocenters. The monoisotopic (exact) mass is 253 g/mol. The molecule has 1 aliphatic heterocycles. The van der Waals surface area contributed by atoms with Gasteiger partial charge in [-0.15, -0.1) is 11.3 Å². The van der Waals surface area contributed by atoms with E-state index in [1.54, 1.807) is 11.3 Å². The third-order valence-corrected chi connectivity index (χ3v) is 4.30.